The Balaban J connectivity index is 1.64. The Kier molecular flexibility index (Phi) is 5.40. The molecule has 0 radical (unpaired) electrons. The van der Waals surface area contributed by atoms with Gasteiger partial charge in [0.05, 0.1) is 5.57 Å². The lowest BCUT2D eigenvalue weighted by atomic mass is 10.0. The maximum absolute atomic E-state index is 13.4. The second-order valence-corrected chi connectivity index (χ2v) is 7.55. The molecule has 0 unspecified atom stereocenters. The highest BCUT2D eigenvalue weighted by Crippen LogP contribution is 2.32. The zero-order valence-corrected chi connectivity index (χ0v) is 17.0. The molecule has 1 saturated heterocycles. The Labute approximate surface area is 175 Å². The number of benzene rings is 2. The Hall–Kier alpha value is -3.41. The summed E-state index contributed by atoms with van der Waals surface area (Å²) in [5.41, 5.74) is 3.65. The minimum atomic E-state index is -0.382. The van der Waals surface area contributed by atoms with E-state index < -0.39 is 0 Å². The molecule has 2 heterocycles. The Morgan fingerprint density at radius 1 is 0.967 bits per heavy atom. The summed E-state index contributed by atoms with van der Waals surface area (Å²) < 4.78 is 13.4. The van der Waals surface area contributed by atoms with Crippen molar-refractivity contribution in [2.75, 3.05) is 37.6 Å². The zero-order chi connectivity index (χ0) is 21.3. The van der Waals surface area contributed by atoms with Crippen LogP contribution in [0.5, 0.6) is 0 Å². The van der Waals surface area contributed by atoms with Gasteiger partial charge in [-0.3, -0.25) is 14.5 Å². The summed E-state index contributed by atoms with van der Waals surface area (Å²) in [6.07, 6.45) is 1.54. The van der Waals surface area contributed by atoms with Crippen molar-refractivity contribution in [2.24, 2.45) is 0 Å². The molecule has 4 rings (SSSR count). The first-order valence-corrected chi connectivity index (χ1v) is 10.0. The molecule has 0 saturated carbocycles. The van der Waals surface area contributed by atoms with Crippen LogP contribution in [0.2, 0.25) is 0 Å². The number of hydrogen-bond acceptors (Lipinski definition) is 4. The molecule has 0 aromatic heterocycles. The van der Waals surface area contributed by atoms with E-state index in [0.717, 1.165) is 18.8 Å². The van der Waals surface area contributed by atoms with Gasteiger partial charge in [-0.25, -0.2) is 4.39 Å². The number of rotatable bonds is 5. The molecule has 5 nitrogen and oxygen atoms in total. The van der Waals surface area contributed by atoms with Crippen LogP contribution in [0.25, 0.3) is 5.57 Å². The first-order chi connectivity index (χ1) is 14.5. The van der Waals surface area contributed by atoms with Crippen molar-refractivity contribution in [1.82, 2.24) is 9.80 Å². The van der Waals surface area contributed by atoms with Crippen molar-refractivity contribution in [3.8, 4) is 0 Å². The molecule has 2 aliphatic heterocycles. The highest BCUT2D eigenvalue weighted by Gasteiger charge is 2.41. The minimum absolute atomic E-state index is 0.148. The molecule has 2 amide bonds. The molecular formula is C24H24FN3O2. The number of amides is 2. The van der Waals surface area contributed by atoms with Crippen LogP contribution in [-0.4, -0.2) is 54.3 Å². The number of carbonyl (C=O) groups is 2. The van der Waals surface area contributed by atoms with E-state index in [9.17, 15) is 14.0 Å². The van der Waals surface area contributed by atoms with Gasteiger partial charge in [0.25, 0.3) is 11.8 Å². The fourth-order valence-corrected chi connectivity index (χ4v) is 4.04. The topological polar surface area (TPSA) is 43.9 Å². The van der Waals surface area contributed by atoms with Crippen LogP contribution >= 0.6 is 0 Å². The van der Waals surface area contributed by atoms with E-state index >= 15 is 0 Å². The maximum Gasteiger partial charge on any atom is 0.278 e. The molecule has 0 aliphatic carbocycles. The lowest BCUT2D eigenvalue weighted by Crippen LogP contribution is -2.47. The molecule has 2 aromatic carbocycles. The third-order valence-electron chi connectivity index (χ3n) is 5.55. The maximum atomic E-state index is 13.4. The lowest BCUT2D eigenvalue weighted by Gasteiger charge is -2.37. The van der Waals surface area contributed by atoms with Crippen LogP contribution in [0, 0.1) is 12.7 Å². The van der Waals surface area contributed by atoms with E-state index in [-0.39, 0.29) is 24.2 Å². The second kappa shape index (κ2) is 8.14. The molecule has 6 heteroatoms. The van der Waals surface area contributed by atoms with Gasteiger partial charge in [0.1, 0.15) is 11.5 Å². The standard InChI is InChI=1S/C24H24FN3O2/c1-3-11-28-23(29)21(18-7-9-19(25)10-8-18)22(24(28)30)27-14-12-26(13-15-27)20-6-4-5-17(2)16-20/h3-10,16H,1,11-15H2,2H3. The first-order valence-electron chi connectivity index (χ1n) is 10.0. The summed E-state index contributed by atoms with van der Waals surface area (Å²) in [4.78, 5) is 31.6. The molecule has 0 atom stereocenters. The van der Waals surface area contributed by atoms with Crippen LogP contribution in [0.1, 0.15) is 11.1 Å². The van der Waals surface area contributed by atoms with Gasteiger partial charge in [0, 0.05) is 38.4 Å². The van der Waals surface area contributed by atoms with E-state index in [1.54, 1.807) is 12.1 Å². The lowest BCUT2D eigenvalue weighted by molar-refractivity contribution is -0.136. The Morgan fingerprint density at radius 3 is 2.27 bits per heavy atom. The number of piperazine rings is 1. The van der Waals surface area contributed by atoms with Gasteiger partial charge in [0.15, 0.2) is 0 Å². The Bertz CT molecular complexity index is 1020. The summed E-state index contributed by atoms with van der Waals surface area (Å²) in [5, 5.41) is 0. The van der Waals surface area contributed by atoms with Crippen molar-refractivity contribution in [2.45, 2.75) is 6.92 Å². The number of hydrogen-bond donors (Lipinski definition) is 0. The number of anilines is 1. The second-order valence-electron chi connectivity index (χ2n) is 7.55. The molecule has 2 aliphatic rings. The summed E-state index contributed by atoms with van der Waals surface area (Å²) in [6, 6.07) is 14.1. The highest BCUT2D eigenvalue weighted by molar-refractivity contribution is 6.35. The normalized spacial score (nSPS) is 17.2. The van der Waals surface area contributed by atoms with Crippen LogP contribution in [-0.2, 0) is 9.59 Å². The van der Waals surface area contributed by atoms with E-state index in [1.807, 2.05) is 11.0 Å². The van der Waals surface area contributed by atoms with Gasteiger partial charge in [-0.05, 0) is 42.3 Å². The van der Waals surface area contributed by atoms with Gasteiger partial charge in [-0.1, -0.05) is 30.3 Å². The van der Waals surface area contributed by atoms with Gasteiger partial charge < -0.3 is 9.80 Å². The predicted octanol–water partition coefficient (Wildman–Crippen LogP) is 3.22. The third-order valence-corrected chi connectivity index (χ3v) is 5.55. The fraction of sp³-hybridized carbons (Fsp3) is 0.250. The third kappa shape index (κ3) is 3.61. The number of halogens is 1. The number of aryl methyl sites for hydroxylation is 1. The van der Waals surface area contributed by atoms with E-state index in [0.29, 0.717) is 29.9 Å². The predicted molar refractivity (Wildman–Crippen MR) is 115 cm³/mol. The molecule has 154 valence electrons. The fourth-order valence-electron chi connectivity index (χ4n) is 4.04. The van der Waals surface area contributed by atoms with Crippen molar-refractivity contribution in [3.05, 3.63) is 83.8 Å². The van der Waals surface area contributed by atoms with E-state index in [4.69, 9.17) is 0 Å². The van der Waals surface area contributed by atoms with Crippen molar-refractivity contribution < 1.29 is 14.0 Å². The number of imide groups is 1. The SMILES string of the molecule is C=CCN1C(=O)C(c2ccc(F)cc2)=C(N2CCN(c3cccc(C)c3)CC2)C1=O. The first kappa shape index (κ1) is 19.9. The van der Waals surface area contributed by atoms with E-state index in [1.165, 1.54) is 28.7 Å². The number of carbonyl (C=O) groups excluding carboxylic acids is 2. The summed E-state index contributed by atoms with van der Waals surface area (Å²) in [6.45, 7) is 8.60. The van der Waals surface area contributed by atoms with Crippen LogP contribution in [0.4, 0.5) is 10.1 Å². The zero-order valence-electron chi connectivity index (χ0n) is 17.0. The van der Waals surface area contributed by atoms with Crippen LogP contribution in [0.3, 0.4) is 0 Å². The highest BCUT2D eigenvalue weighted by atomic mass is 19.1. The average Bonchev–Trinajstić information content (AvgIpc) is 2.99. The van der Waals surface area contributed by atoms with E-state index in [2.05, 4.69) is 36.6 Å². The van der Waals surface area contributed by atoms with Gasteiger partial charge in [-0.15, -0.1) is 6.58 Å². The smallest absolute Gasteiger partial charge is 0.278 e. The summed E-state index contributed by atoms with van der Waals surface area (Å²) in [7, 11) is 0. The monoisotopic (exact) mass is 405 g/mol. The molecule has 0 spiro atoms. The quantitative estimate of drug-likeness (QED) is 0.566. The van der Waals surface area contributed by atoms with Crippen molar-refractivity contribution in [1.29, 1.82) is 0 Å². The van der Waals surface area contributed by atoms with Crippen LogP contribution in [0.15, 0.2) is 66.9 Å². The Morgan fingerprint density at radius 2 is 1.63 bits per heavy atom. The summed E-state index contributed by atoms with van der Waals surface area (Å²) in [5.74, 6) is -1.06. The van der Waals surface area contributed by atoms with Crippen molar-refractivity contribution >= 4 is 23.1 Å². The molecule has 1 fully saturated rings. The van der Waals surface area contributed by atoms with Gasteiger partial charge >= 0.3 is 0 Å². The molecule has 0 N–H and O–H groups in total. The summed E-state index contributed by atoms with van der Waals surface area (Å²) >= 11 is 0. The van der Waals surface area contributed by atoms with Crippen LogP contribution < -0.4 is 4.90 Å². The molecule has 0 bridgehead atoms. The number of nitrogens with zero attached hydrogens (tertiary/aromatic N) is 3. The molecular weight excluding hydrogens is 381 g/mol. The molecule has 30 heavy (non-hydrogen) atoms. The van der Waals surface area contributed by atoms with Gasteiger partial charge in [0.2, 0.25) is 0 Å². The van der Waals surface area contributed by atoms with Gasteiger partial charge in [-0.2, -0.15) is 0 Å². The van der Waals surface area contributed by atoms with Crippen molar-refractivity contribution in [3.63, 3.8) is 0 Å². The largest absolute Gasteiger partial charge is 0.368 e. The molecule has 2 aromatic rings. The minimum Gasteiger partial charge on any atom is -0.368 e. The average molecular weight is 405 g/mol.